The number of aliphatic hydroxyl groups is 1. The zero-order valence-electron chi connectivity index (χ0n) is 12.9. The summed E-state index contributed by atoms with van der Waals surface area (Å²) in [5, 5.41) is 10.8. The van der Waals surface area contributed by atoms with Gasteiger partial charge in [-0.05, 0) is 62.6 Å². The average Bonchev–Trinajstić information content (AvgIpc) is 2.86. The Morgan fingerprint density at radius 3 is 2.55 bits per heavy atom. The van der Waals surface area contributed by atoms with Gasteiger partial charge < -0.3 is 10.0 Å². The van der Waals surface area contributed by atoms with Gasteiger partial charge in [-0.3, -0.25) is 0 Å². The first-order valence-corrected chi connectivity index (χ1v) is 8.13. The van der Waals surface area contributed by atoms with Gasteiger partial charge in [-0.1, -0.05) is 18.2 Å². The first kappa shape index (κ1) is 14.1. The van der Waals surface area contributed by atoms with Crippen molar-refractivity contribution < 1.29 is 5.11 Å². The minimum absolute atomic E-state index is 0.488. The number of fused-ring (bicyclic) bond motifs is 1. The number of hydrogen-bond donors (Lipinski definition) is 1. The lowest BCUT2D eigenvalue weighted by molar-refractivity contribution is -0.0271. The van der Waals surface area contributed by atoms with Crippen LogP contribution in [0.4, 0.5) is 0 Å². The number of piperidine rings is 1. The molecule has 1 aliphatic heterocycles. The van der Waals surface area contributed by atoms with E-state index in [1.807, 2.05) is 0 Å². The number of aryl methyl sites for hydroxylation is 2. The fourth-order valence-electron chi connectivity index (χ4n) is 3.75. The van der Waals surface area contributed by atoms with Gasteiger partial charge in [-0.25, -0.2) is 0 Å². The zero-order chi connectivity index (χ0) is 14.2. The minimum atomic E-state index is -0.488. The van der Waals surface area contributed by atoms with E-state index >= 15 is 0 Å². The highest BCUT2D eigenvalue weighted by Crippen LogP contribution is 2.29. The summed E-state index contributed by atoms with van der Waals surface area (Å²) in [4.78, 5) is 2.47. The molecule has 1 heterocycles. The molecule has 1 saturated heterocycles. The Morgan fingerprint density at radius 2 is 1.85 bits per heavy atom. The third kappa shape index (κ3) is 2.91. The summed E-state index contributed by atoms with van der Waals surface area (Å²) in [6.07, 6.45) is 6.40. The van der Waals surface area contributed by atoms with Crippen LogP contribution in [0, 0.1) is 0 Å². The molecule has 20 heavy (non-hydrogen) atoms. The second-order valence-electron chi connectivity index (χ2n) is 6.99. The quantitative estimate of drug-likeness (QED) is 0.915. The first-order chi connectivity index (χ1) is 9.56. The van der Waals surface area contributed by atoms with Crippen molar-refractivity contribution in [2.75, 3.05) is 13.1 Å². The van der Waals surface area contributed by atoms with E-state index in [-0.39, 0.29) is 0 Å². The van der Waals surface area contributed by atoms with E-state index in [4.69, 9.17) is 0 Å². The second kappa shape index (κ2) is 5.50. The van der Waals surface area contributed by atoms with Gasteiger partial charge in [-0.2, -0.15) is 0 Å². The summed E-state index contributed by atoms with van der Waals surface area (Å²) in [5.41, 5.74) is 3.88. The molecule has 0 amide bonds. The molecule has 2 heteroatoms. The van der Waals surface area contributed by atoms with E-state index in [9.17, 15) is 5.11 Å². The molecule has 1 aromatic carbocycles. The number of nitrogens with zero attached hydrogens (tertiary/aromatic N) is 1. The maximum atomic E-state index is 10.8. The van der Waals surface area contributed by atoms with E-state index < -0.39 is 5.60 Å². The molecule has 3 rings (SSSR count). The van der Waals surface area contributed by atoms with Crippen LogP contribution < -0.4 is 0 Å². The van der Waals surface area contributed by atoms with Crippen molar-refractivity contribution in [3.8, 4) is 0 Å². The third-order valence-electron chi connectivity index (χ3n) is 5.16. The zero-order valence-corrected chi connectivity index (χ0v) is 12.9. The number of benzene rings is 1. The molecule has 0 unspecified atom stereocenters. The monoisotopic (exact) mass is 273 g/mol. The average molecular weight is 273 g/mol. The predicted octanol–water partition coefficient (Wildman–Crippen LogP) is 2.95. The second-order valence-corrected chi connectivity index (χ2v) is 6.99. The SMILES string of the molecule is CC(C)N1CCC(O)(Cc2ccc3c(c2)CCC3)CC1. The van der Waals surface area contributed by atoms with Gasteiger partial charge >= 0.3 is 0 Å². The summed E-state index contributed by atoms with van der Waals surface area (Å²) in [6, 6.07) is 7.45. The van der Waals surface area contributed by atoms with Crippen molar-refractivity contribution in [2.24, 2.45) is 0 Å². The standard InChI is InChI=1S/C18H27NO/c1-14(2)19-10-8-18(20,9-11-19)13-15-6-7-16-4-3-5-17(16)12-15/h6-7,12,14,20H,3-5,8-11,13H2,1-2H3. The van der Waals surface area contributed by atoms with Crippen molar-refractivity contribution in [2.45, 2.75) is 64.0 Å². The fourth-order valence-corrected chi connectivity index (χ4v) is 3.75. The molecule has 1 aliphatic carbocycles. The molecular weight excluding hydrogens is 246 g/mol. The molecule has 2 aliphatic rings. The Labute approximate surface area is 122 Å². The minimum Gasteiger partial charge on any atom is -0.389 e. The fraction of sp³-hybridized carbons (Fsp3) is 0.667. The van der Waals surface area contributed by atoms with E-state index in [1.54, 1.807) is 0 Å². The van der Waals surface area contributed by atoms with Gasteiger partial charge in [0.1, 0.15) is 0 Å². The molecule has 1 N–H and O–H groups in total. The largest absolute Gasteiger partial charge is 0.389 e. The molecule has 1 fully saturated rings. The maximum Gasteiger partial charge on any atom is 0.0712 e. The molecular formula is C18H27NO. The number of likely N-dealkylation sites (tertiary alicyclic amines) is 1. The lowest BCUT2D eigenvalue weighted by atomic mass is 9.84. The summed E-state index contributed by atoms with van der Waals surface area (Å²) < 4.78 is 0. The van der Waals surface area contributed by atoms with Gasteiger partial charge in [0.05, 0.1) is 5.60 Å². The highest BCUT2D eigenvalue weighted by Gasteiger charge is 2.33. The van der Waals surface area contributed by atoms with Crippen LogP contribution in [-0.2, 0) is 19.3 Å². The Kier molecular flexibility index (Phi) is 3.87. The summed E-state index contributed by atoms with van der Waals surface area (Å²) >= 11 is 0. The van der Waals surface area contributed by atoms with E-state index in [2.05, 4.69) is 36.9 Å². The molecule has 0 atom stereocenters. The van der Waals surface area contributed by atoms with E-state index in [0.29, 0.717) is 6.04 Å². The molecule has 1 aromatic rings. The van der Waals surface area contributed by atoms with Gasteiger partial charge in [-0.15, -0.1) is 0 Å². The van der Waals surface area contributed by atoms with Crippen LogP contribution in [0.2, 0.25) is 0 Å². The molecule has 0 bridgehead atoms. The molecule has 0 radical (unpaired) electrons. The Balaban J connectivity index is 1.65. The van der Waals surface area contributed by atoms with Crippen LogP contribution in [0.15, 0.2) is 18.2 Å². The molecule has 0 saturated carbocycles. The Bertz CT molecular complexity index is 472. The molecule has 2 nitrogen and oxygen atoms in total. The Morgan fingerprint density at radius 1 is 1.15 bits per heavy atom. The van der Waals surface area contributed by atoms with Crippen molar-refractivity contribution in [3.63, 3.8) is 0 Å². The first-order valence-electron chi connectivity index (χ1n) is 8.13. The molecule has 110 valence electrons. The van der Waals surface area contributed by atoms with Crippen LogP contribution in [0.3, 0.4) is 0 Å². The van der Waals surface area contributed by atoms with Gasteiger partial charge in [0.2, 0.25) is 0 Å². The summed E-state index contributed by atoms with van der Waals surface area (Å²) in [5.74, 6) is 0. The molecule has 0 aromatic heterocycles. The van der Waals surface area contributed by atoms with Gasteiger partial charge in [0.25, 0.3) is 0 Å². The topological polar surface area (TPSA) is 23.5 Å². The number of hydrogen-bond acceptors (Lipinski definition) is 2. The van der Waals surface area contributed by atoms with Gasteiger partial charge in [0.15, 0.2) is 0 Å². The smallest absolute Gasteiger partial charge is 0.0712 e. The normalized spacial score (nSPS) is 22.2. The Hall–Kier alpha value is -0.860. The van der Waals surface area contributed by atoms with Gasteiger partial charge in [0, 0.05) is 25.6 Å². The van der Waals surface area contributed by atoms with E-state index in [0.717, 1.165) is 32.4 Å². The lowest BCUT2D eigenvalue weighted by Gasteiger charge is -2.40. The highest BCUT2D eigenvalue weighted by molar-refractivity contribution is 5.35. The predicted molar refractivity (Wildman–Crippen MR) is 83.1 cm³/mol. The third-order valence-corrected chi connectivity index (χ3v) is 5.16. The molecule has 0 spiro atoms. The van der Waals surface area contributed by atoms with Crippen molar-refractivity contribution in [3.05, 3.63) is 34.9 Å². The highest BCUT2D eigenvalue weighted by atomic mass is 16.3. The summed E-state index contributed by atoms with van der Waals surface area (Å²) in [6.45, 7) is 6.54. The van der Waals surface area contributed by atoms with Crippen molar-refractivity contribution >= 4 is 0 Å². The lowest BCUT2D eigenvalue weighted by Crippen LogP contribution is -2.47. The van der Waals surface area contributed by atoms with Crippen LogP contribution in [-0.4, -0.2) is 34.7 Å². The van der Waals surface area contributed by atoms with Crippen LogP contribution in [0.1, 0.15) is 49.8 Å². The number of rotatable bonds is 3. The van der Waals surface area contributed by atoms with Crippen LogP contribution in [0.25, 0.3) is 0 Å². The van der Waals surface area contributed by atoms with Crippen molar-refractivity contribution in [1.82, 2.24) is 4.90 Å². The van der Waals surface area contributed by atoms with Crippen LogP contribution >= 0.6 is 0 Å². The van der Waals surface area contributed by atoms with E-state index in [1.165, 1.54) is 36.0 Å². The summed E-state index contributed by atoms with van der Waals surface area (Å²) in [7, 11) is 0. The van der Waals surface area contributed by atoms with Crippen molar-refractivity contribution in [1.29, 1.82) is 0 Å². The van der Waals surface area contributed by atoms with Crippen LogP contribution in [0.5, 0.6) is 0 Å². The maximum absolute atomic E-state index is 10.8.